The quantitative estimate of drug-likeness (QED) is 0.349. The summed E-state index contributed by atoms with van der Waals surface area (Å²) in [6.07, 6.45) is 0. The molecular weight excluding hydrogens is 457 g/mol. The van der Waals surface area contributed by atoms with Crippen LogP contribution in [0.4, 0.5) is 5.69 Å². The van der Waals surface area contributed by atoms with Gasteiger partial charge in [0.15, 0.2) is 11.6 Å². The molecule has 3 aromatic heterocycles. The molecule has 1 N–H and O–H groups in total. The first-order valence-electron chi connectivity index (χ1n) is 9.14. The van der Waals surface area contributed by atoms with Gasteiger partial charge in [0.2, 0.25) is 4.96 Å². The smallest absolute Gasteiger partial charge is 0.291 e. The third-order valence-corrected chi connectivity index (χ3v) is 6.33. The zero-order chi connectivity index (χ0) is 21.5. The Balaban J connectivity index is 1.38. The number of nitrogens with one attached hydrogen (secondary N) is 1. The molecule has 0 fully saturated rings. The highest BCUT2D eigenvalue weighted by Crippen LogP contribution is 2.34. The fourth-order valence-corrected chi connectivity index (χ4v) is 4.33. The van der Waals surface area contributed by atoms with E-state index in [1.165, 1.54) is 11.3 Å². The monoisotopic (exact) mass is 469 g/mol. The number of hydrogen-bond acceptors (Lipinski definition) is 6. The number of nitrogens with zero attached hydrogens (tertiary/aromatic N) is 4. The number of anilines is 1. The van der Waals surface area contributed by atoms with Crippen LogP contribution < -0.4 is 5.32 Å². The van der Waals surface area contributed by atoms with Crippen LogP contribution in [-0.2, 0) is 0 Å². The Bertz CT molecular complexity index is 1440. The lowest BCUT2D eigenvalue weighted by atomic mass is 10.2. The maximum Gasteiger partial charge on any atom is 0.291 e. The molecule has 0 aliphatic heterocycles. The Morgan fingerprint density at radius 1 is 1.10 bits per heavy atom. The van der Waals surface area contributed by atoms with Crippen LogP contribution in [-0.4, -0.2) is 25.7 Å². The number of carbonyl (C=O) groups is 1. The van der Waals surface area contributed by atoms with Crippen LogP contribution in [0.25, 0.3) is 26.9 Å². The molecule has 0 atom stereocenters. The molecule has 0 aliphatic carbocycles. The molecule has 2 aromatic carbocycles. The van der Waals surface area contributed by atoms with Crippen LogP contribution >= 0.6 is 34.5 Å². The van der Waals surface area contributed by atoms with E-state index in [1.54, 1.807) is 40.9 Å². The number of hydrogen-bond donors (Lipinski definition) is 1. The van der Waals surface area contributed by atoms with E-state index in [0.29, 0.717) is 32.0 Å². The predicted molar refractivity (Wildman–Crippen MR) is 121 cm³/mol. The number of halogens is 2. The number of aryl methyl sites for hydroxylation is 1. The van der Waals surface area contributed by atoms with Crippen LogP contribution in [0.15, 0.2) is 59.0 Å². The van der Waals surface area contributed by atoms with Gasteiger partial charge in [-0.25, -0.2) is 0 Å². The summed E-state index contributed by atoms with van der Waals surface area (Å²) in [5.74, 6) is 0.957. The van der Waals surface area contributed by atoms with Gasteiger partial charge in [-0.05, 0) is 43.3 Å². The fourth-order valence-electron chi connectivity index (χ4n) is 3.05. The van der Waals surface area contributed by atoms with Crippen molar-refractivity contribution in [3.63, 3.8) is 0 Å². The third kappa shape index (κ3) is 3.69. The number of carbonyl (C=O) groups excluding carboxylic acids is 1. The Hall–Kier alpha value is -3.20. The molecule has 5 aromatic rings. The molecule has 10 heteroatoms. The number of aromatic nitrogens is 4. The van der Waals surface area contributed by atoms with E-state index < -0.39 is 0 Å². The van der Waals surface area contributed by atoms with E-state index in [4.69, 9.17) is 27.6 Å². The zero-order valence-corrected chi connectivity index (χ0v) is 18.3. The first-order chi connectivity index (χ1) is 15.0. The second kappa shape index (κ2) is 7.81. The third-order valence-electron chi connectivity index (χ3n) is 4.56. The molecule has 1 amide bonds. The number of rotatable bonds is 4. The highest BCUT2D eigenvalue weighted by atomic mass is 35.5. The molecular formula is C21H13Cl2N5O2S. The standard InChI is InChI=1S/C21H13Cl2N5O2S/c1-11-25-26-21-28(11)27-20(31-21)12-4-2-5-13(10-12)24-19(29)17-9-8-16(30-17)14-6-3-7-15(22)18(14)23/h2-10H,1H3,(H,24,29). The summed E-state index contributed by atoms with van der Waals surface area (Å²) in [7, 11) is 0. The van der Waals surface area contributed by atoms with Gasteiger partial charge in [-0.3, -0.25) is 4.79 Å². The second-order valence-electron chi connectivity index (χ2n) is 6.65. The minimum atomic E-state index is -0.379. The predicted octanol–water partition coefficient (Wildman–Crippen LogP) is 5.98. The van der Waals surface area contributed by atoms with E-state index >= 15 is 0 Å². The lowest BCUT2D eigenvalue weighted by Crippen LogP contribution is -2.10. The molecule has 0 bridgehead atoms. The SMILES string of the molecule is Cc1nnc2sc(-c3cccc(NC(=O)c4ccc(-c5cccc(Cl)c5Cl)o4)c3)nn12. The first kappa shape index (κ1) is 19.7. The van der Waals surface area contributed by atoms with Crippen molar-refractivity contribution in [3.8, 4) is 21.9 Å². The maximum atomic E-state index is 12.7. The van der Waals surface area contributed by atoms with Gasteiger partial charge in [-0.15, -0.1) is 10.2 Å². The van der Waals surface area contributed by atoms with Gasteiger partial charge in [0.25, 0.3) is 5.91 Å². The lowest BCUT2D eigenvalue weighted by Gasteiger charge is -2.05. The molecule has 31 heavy (non-hydrogen) atoms. The molecule has 0 spiro atoms. The van der Waals surface area contributed by atoms with Gasteiger partial charge in [-0.1, -0.05) is 52.7 Å². The summed E-state index contributed by atoms with van der Waals surface area (Å²) < 4.78 is 7.40. The molecule has 0 radical (unpaired) electrons. The molecule has 154 valence electrons. The topological polar surface area (TPSA) is 85.3 Å². The molecule has 3 heterocycles. The van der Waals surface area contributed by atoms with Crippen LogP contribution in [0.1, 0.15) is 16.4 Å². The molecule has 0 unspecified atom stereocenters. The molecule has 5 rings (SSSR count). The molecule has 7 nitrogen and oxygen atoms in total. The second-order valence-corrected chi connectivity index (χ2v) is 8.39. The Kier molecular flexibility index (Phi) is 4.97. The fraction of sp³-hybridized carbons (Fsp3) is 0.0476. The van der Waals surface area contributed by atoms with Crippen LogP contribution in [0.3, 0.4) is 0 Å². The molecule has 0 saturated carbocycles. The molecule has 0 aliphatic rings. The van der Waals surface area contributed by atoms with Crippen molar-refractivity contribution >= 4 is 51.1 Å². The van der Waals surface area contributed by atoms with Gasteiger partial charge in [0, 0.05) is 16.8 Å². The lowest BCUT2D eigenvalue weighted by molar-refractivity contribution is 0.0997. The maximum absolute atomic E-state index is 12.7. The van der Waals surface area contributed by atoms with Crippen molar-refractivity contribution in [3.05, 3.63) is 76.2 Å². The minimum absolute atomic E-state index is 0.158. The average Bonchev–Trinajstić information content (AvgIpc) is 3.48. The van der Waals surface area contributed by atoms with Crippen molar-refractivity contribution in [2.24, 2.45) is 0 Å². The zero-order valence-electron chi connectivity index (χ0n) is 16.0. The average molecular weight is 470 g/mol. The van der Waals surface area contributed by atoms with E-state index in [9.17, 15) is 4.79 Å². The van der Waals surface area contributed by atoms with Crippen molar-refractivity contribution in [1.29, 1.82) is 0 Å². The van der Waals surface area contributed by atoms with Gasteiger partial charge in [0.1, 0.15) is 10.8 Å². The van der Waals surface area contributed by atoms with E-state index in [1.807, 2.05) is 25.1 Å². The number of fused-ring (bicyclic) bond motifs is 1. The van der Waals surface area contributed by atoms with E-state index in [2.05, 4.69) is 20.6 Å². The normalized spacial score (nSPS) is 11.2. The van der Waals surface area contributed by atoms with Crippen molar-refractivity contribution in [2.45, 2.75) is 6.92 Å². The van der Waals surface area contributed by atoms with E-state index in [0.717, 1.165) is 16.4 Å². The minimum Gasteiger partial charge on any atom is -0.451 e. The van der Waals surface area contributed by atoms with Crippen LogP contribution in [0, 0.1) is 6.92 Å². The highest BCUT2D eigenvalue weighted by Gasteiger charge is 2.16. The Morgan fingerprint density at radius 3 is 2.77 bits per heavy atom. The Morgan fingerprint density at radius 2 is 1.94 bits per heavy atom. The van der Waals surface area contributed by atoms with Gasteiger partial charge < -0.3 is 9.73 Å². The summed E-state index contributed by atoms with van der Waals surface area (Å²) in [5, 5.41) is 17.0. The van der Waals surface area contributed by atoms with Crippen molar-refractivity contribution < 1.29 is 9.21 Å². The van der Waals surface area contributed by atoms with Crippen LogP contribution in [0.2, 0.25) is 10.0 Å². The van der Waals surface area contributed by atoms with Gasteiger partial charge in [-0.2, -0.15) is 9.61 Å². The Labute approximate surface area is 190 Å². The van der Waals surface area contributed by atoms with Crippen LogP contribution in [0.5, 0.6) is 0 Å². The largest absolute Gasteiger partial charge is 0.451 e. The number of benzene rings is 2. The van der Waals surface area contributed by atoms with Gasteiger partial charge >= 0.3 is 0 Å². The summed E-state index contributed by atoms with van der Waals surface area (Å²) in [4.78, 5) is 13.4. The number of furan rings is 1. The van der Waals surface area contributed by atoms with Crippen molar-refractivity contribution in [1.82, 2.24) is 19.8 Å². The summed E-state index contributed by atoms with van der Waals surface area (Å²) >= 11 is 13.7. The summed E-state index contributed by atoms with van der Waals surface area (Å²) in [5.41, 5.74) is 2.09. The first-order valence-corrected chi connectivity index (χ1v) is 10.7. The summed E-state index contributed by atoms with van der Waals surface area (Å²) in [6.45, 7) is 1.84. The molecule has 0 saturated heterocycles. The number of amides is 1. The van der Waals surface area contributed by atoms with E-state index in [-0.39, 0.29) is 11.7 Å². The van der Waals surface area contributed by atoms with Gasteiger partial charge in [0.05, 0.1) is 10.0 Å². The highest BCUT2D eigenvalue weighted by molar-refractivity contribution is 7.19. The summed E-state index contributed by atoms with van der Waals surface area (Å²) in [6, 6.07) is 15.9. The van der Waals surface area contributed by atoms with Crippen molar-refractivity contribution in [2.75, 3.05) is 5.32 Å².